The number of guanidine groups is 1. The number of aryl methyl sites for hydroxylation is 1. The van der Waals surface area contributed by atoms with E-state index in [2.05, 4.69) is 20.8 Å². The third-order valence-corrected chi connectivity index (χ3v) is 2.26. The standard InChI is InChI=1S/C10H20N6O/c1-8(7-17-3)14-10(15-11)12-6-9-4-5-13-16(9)2/h4-5,8H,6-7,11H2,1-3H3,(H2,12,14,15). The highest BCUT2D eigenvalue weighted by molar-refractivity contribution is 5.79. The Balaban J connectivity index is 2.52. The zero-order chi connectivity index (χ0) is 12.7. The number of hydrazine groups is 1. The molecular weight excluding hydrogens is 220 g/mol. The van der Waals surface area contributed by atoms with Crippen LogP contribution in [0.25, 0.3) is 0 Å². The van der Waals surface area contributed by atoms with Gasteiger partial charge in [0.15, 0.2) is 0 Å². The number of aromatic nitrogens is 2. The van der Waals surface area contributed by atoms with Crippen LogP contribution in [0, 0.1) is 0 Å². The van der Waals surface area contributed by atoms with Crippen LogP contribution in [0.2, 0.25) is 0 Å². The third kappa shape index (κ3) is 4.41. The van der Waals surface area contributed by atoms with Crippen LogP contribution in [0.3, 0.4) is 0 Å². The van der Waals surface area contributed by atoms with Gasteiger partial charge < -0.3 is 10.1 Å². The molecule has 1 unspecified atom stereocenters. The SMILES string of the molecule is COCC(C)NC(=NCc1ccnn1C)NN. The fourth-order valence-corrected chi connectivity index (χ4v) is 1.37. The van der Waals surface area contributed by atoms with Crippen molar-refractivity contribution in [2.45, 2.75) is 19.5 Å². The van der Waals surface area contributed by atoms with Crippen LogP contribution >= 0.6 is 0 Å². The van der Waals surface area contributed by atoms with E-state index in [0.717, 1.165) is 5.69 Å². The molecule has 1 aromatic heterocycles. The van der Waals surface area contributed by atoms with Gasteiger partial charge in [-0.25, -0.2) is 10.8 Å². The average Bonchev–Trinajstić information content (AvgIpc) is 2.70. The number of hydrogen-bond donors (Lipinski definition) is 3. The van der Waals surface area contributed by atoms with Crippen molar-refractivity contribution in [3.05, 3.63) is 18.0 Å². The van der Waals surface area contributed by atoms with Gasteiger partial charge in [-0.3, -0.25) is 10.1 Å². The zero-order valence-electron chi connectivity index (χ0n) is 10.5. The highest BCUT2D eigenvalue weighted by atomic mass is 16.5. The van der Waals surface area contributed by atoms with Crippen molar-refractivity contribution in [3.63, 3.8) is 0 Å². The second-order valence-corrected chi connectivity index (χ2v) is 3.76. The Kier molecular flexibility index (Phi) is 5.44. The normalized spacial score (nSPS) is 13.5. The fourth-order valence-electron chi connectivity index (χ4n) is 1.37. The Morgan fingerprint density at radius 2 is 2.47 bits per heavy atom. The number of ether oxygens (including phenoxy) is 1. The number of aliphatic imine (C=N–C) groups is 1. The van der Waals surface area contributed by atoms with Crippen molar-refractivity contribution < 1.29 is 4.74 Å². The Hall–Kier alpha value is -1.60. The molecule has 0 spiro atoms. The average molecular weight is 240 g/mol. The van der Waals surface area contributed by atoms with E-state index in [1.807, 2.05) is 20.0 Å². The molecule has 0 amide bonds. The highest BCUT2D eigenvalue weighted by Gasteiger charge is 2.04. The molecule has 7 nitrogen and oxygen atoms in total. The fraction of sp³-hybridized carbons (Fsp3) is 0.600. The lowest BCUT2D eigenvalue weighted by Crippen LogP contribution is -2.46. The predicted octanol–water partition coefficient (Wildman–Crippen LogP) is -0.636. The minimum Gasteiger partial charge on any atom is -0.383 e. The lowest BCUT2D eigenvalue weighted by molar-refractivity contribution is 0.179. The van der Waals surface area contributed by atoms with Crippen LogP contribution in [0.5, 0.6) is 0 Å². The topological polar surface area (TPSA) is 89.5 Å². The van der Waals surface area contributed by atoms with Gasteiger partial charge in [-0.2, -0.15) is 5.10 Å². The quantitative estimate of drug-likeness (QED) is 0.276. The van der Waals surface area contributed by atoms with Gasteiger partial charge in [0.25, 0.3) is 0 Å². The van der Waals surface area contributed by atoms with Crippen LogP contribution in [-0.2, 0) is 18.3 Å². The molecule has 4 N–H and O–H groups in total. The van der Waals surface area contributed by atoms with E-state index < -0.39 is 0 Å². The number of nitrogens with zero attached hydrogens (tertiary/aromatic N) is 3. The molecule has 0 radical (unpaired) electrons. The molecule has 96 valence electrons. The summed E-state index contributed by atoms with van der Waals surface area (Å²) in [6.45, 7) is 3.09. The first-order valence-corrected chi connectivity index (χ1v) is 5.40. The summed E-state index contributed by atoms with van der Waals surface area (Å²) >= 11 is 0. The van der Waals surface area contributed by atoms with Crippen LogP contribution in [0.4, 0.5) is 0 Å². The van der Waals surface area contributed by atoms with Crippen molar-refractivity contribution in [1.82, 2.24) is 20.5 Å². The van der Waals surface area contributed by atoms with Crippen LogP contribution in [-0.4, -0.2) is 35.5 Å². The molecule has 1 atom stereocenters. The number of methoxy groups -OCH3 is 1. The van der Waals surface area contributed by atoms with E-state index in [4.69, 9.17) is 10.6 Å². The van der Waals surface area contributed by atoms with Crippen LogP contribution < -0.4 is 16.6 Å². The summed E-state index contributed by atoms with van der Waals surface area (Å²) in [6.07, 6.45) is 1.74. The summed E-state index contributed by atoms with van der Waals surface area (Å²) in [5.74, 6) is 5.93. The van der Waals surface area contributed by atoms with Crippen LogP contribution in [0.15, 0.2) is 17.3 Å². The lowest BCUT2D eigenvalue weighted by atomic mass is 10.4. The lowest BCUT2D eigenvalue weighted by Gasteiger charge is -2.15. The number of hydrogen-bond acceptors (Lipinski definition) is 4. The van der Waals surface area contributed by atoms with Crippen molar-refractivity contribution in [3.8, 4) is 0 Å². The molecule has 0 aromatic carbocycles. The monoisotopic (exact) mass is 240 g/mol. The summed E-state index contributed by atoms with van der Waals surface area (Å²) in [5, 5.41) is 7.17. The largest absolute Gasteiger partial charge is 0.383 e. The van der Waals surface area contributed by atoms with Gasteiger partial charge in [0.2, 0.25) is 5.96 Å². The summed E-state index contributed by atoms with van der Waals surface area (Å²) in [7, 11) is 3.53. The van der Waals surface area contributed by atoms with Gasteiger partial charge in [0.1, 0.15) is 0 Å². The van der Waals surface area contributed by atoms with Crippen molar-refractivity contribution in [2.75, 3.05) is 13.7 Å². The second kappa shape index (κ2) is 6.87. The Bertz CT molecular complexity index is 361. The Morgan fingerprint density at radius 3 is 3.00 bits per heavy atom. The van der Waals surface area contributed by atoms with Crippen LogP contribution in [0.1, 0.15) is 12.6 Å². The third-order valence-electron chi connectivity index (χ3n) is 2.26. The maximum absolute atomic E-state index is 5.39. The number of nitrogens with two attached hydrogens (primary N) is 1. The molecule has 0 aliphatic rings. The first kappa shape index (κ1) is 13.5. The molecule has 0 aliphatic heterocycles. The van der Waals surface area contributed by atoms with E-state index in [9.17, 15) is 0 Å². The van der Waals surface area contributed by atoms with Gasteiger partial charge in [-0.05, 0) is 13.0 Å². The van der Waals surface area contributed by atoms with Gasteiger partial charge in [-0.1, -0.05) is 0 Å². The maximum Gasteiger partial charge on any atom is 0.206 e. The molecule has 0 saturated heterocycles. The number of nitrogens with one attached hydrogen (secondary N) is 2. The summed E-state index contributed by atoms with van der Waals surface area (Å²) < 4.78 is 6.79. The van der Waals surface area contributed by atoms with Crippen molar-refractivity contribution in [1.29, 1.82) is 0 Å². The zero-order valence-corrected chi connectivity index (χ0v) is 10.5. The molecule has 1 rings (SSSR count). The minimum atomic E-state index is 0.140. The molecule has 7 heteroatoms. The van der Waals surface area contributed by atoms with Gasteiger partial charge >= 0.3 is 0 Å². The molecule has 1 aromatic rings. The minimum absolute atomic E-state index is 0.140. The van der Waals surface area contributed by atoms with E-state index in [-0.39, 0.29) is 6.04 Å². The van der Waals surface area contributed by atoms with Crippen molar-refractivity contribution >= 4 is 5.96 Å². The van der Waals surface area contributed by atoms with Crippen molar-refractivity contribution in [2.24, 2.45) is 17.9 Å². The summed E-state index contributed by atoms with van der Waals surface area (Å²) in [6, 6.07) is 2.05. The molecule has 0 bridgehead atoms. The summed E-state index contributed by atoms with van der Waals surface area (Å²) in [4.78, 5) is 4.32. The molecule has 0 fully saturated rings. The van der Waals surface area contributed by atoms with E-state index >= 15 is 0 Å². The Labute approximate surface area is 101 Å². The second-order valence-electron chi connectivity index (χ2n) is 3.76. The summed E-state index contributed by atoms with van der Waals surface area (Å²) in [5.41, 5.74) is 3.54. The van der Waals surface area contributed by atoms with E-state index in [1.165, 1.54) is 0 Å². The molecule has 0 aliphatic carbocycles. The maximum atomic E-state index is 5.39. The number of rotatable bonds is 5. The first-order chi connectivity index (χ1) is 8.17. The van der Waals surface area contributed by atoms with Gasteiger partial charge in [-0.15, -0.1) is 0 Å². The van der Waals surface area contributed by atoms with Gasteiger partial charge in [0.05, 0.1) is 18.8 Å². The smallest absolute Gasteiger partial charge is 0.206 e. The highest BCUT2D eigenvalue weighted by Crippen LogP contribution is 1.98. The molecule has 17 heavy (non-hydrogen) atoms. The molecular formula is C10H20N6O. The van der Waals surface area contributed by atoms with E-state index in [0.29, 0.717) is 19.1 Å². The molecule has 1 heterocycles. The van der Waals surface area contributed by atoms with Gasteiger partial charge in [0, 0.05) is 26.4 Å². The Morgan fingerprint density at radius 1 is 1.71 bits per heavy atom. The molecule has 0 saturated carbocycles. The van der Waals surface area contributed by atoms with E-state index in [1.54, 1.807) is 18.0 Å². The first-order valence-electron chi connectivity index (χ1n) is 5.40. The predicted molar refractivity (Wildman–Crippen MR) is 66.1 cm³/mol.